The Morgan fingerprint density at radius 3 is 2.71 bits per heavy atom. The molecule has 1 aromatic carbocycles. The highest BCUT2D eigenvalue weighted by Crippen LogP contribution is 2.25. The molecule has 1 N–H and O–H groups in total. The van der Waals surface area contributed by atoms with E-state index in [1.807, 2.05) is 17.8 Å². The fourth-order valence-corrected chi connectivity index (χ4v) is 2.16. The summed E-state index contributed by atoms with van der Waals surface area (Å²) < 4.78 is 5.21. The van der Waals surface area contributed by atoms with Gasteiger partial charge in [0.2, 0.25) is 0 Å². The fourth-order valence-electron chi connectivity index (χ4n) is 1.52. The average Bonchev–Trinajstić information content (AvgIpc) is 2.12. The third-order valence-electron chi connectivity index (χ3n) is 2.40. The normalized spacial score (nSPS) is 16.1. The number of hydrogen-bond donors (Lipinski definition) is 1. The van der Waals surface area contributed by atoms with Crippen molar-refractivity contribution in [1.82, 2.24) is 0 Å². The summed E-state index contributed by atoms with van der Waals surface area (Å²) in [4.78, 5) is 0. The first-order valence-electron chi connectivity index (χ1n) is 4.78. The van der Waals surface area contributed by atoms with Gasteiger partial charge < -0.3 is 10.1 Å². The molecule has 3 heteroatoms. The van der Waals surface area contributed by atoms with E-state index in [4.69, 9.17) is 4.74 Å². The van der Waals surface area contributed by atoms with Gasteiger partial charge in [0.1, 0.15) is 5.75 Å². The van der Waals surface area contributed by atoms with Gasteiger partial charge in [-0.1, -0.05) is 0 Å². The number of aryl methyl sites for hydroxylation is 1. The van der Waals surface area contributed by atoms with E-state index < -0.39 is 0 Å². The second-order valence-electron chi connectivity index (χ2n) is 3.56. The summed E-state index contributed by atoms with van der Waals surface area (Å²) in [6, 6.07) is 6.90. The van der Waals surface area contributed by atoms with E-state index in [9.17, 15) is 0 Å². The van der Waals surface area contributed by atoms with Crippen molar-refractivity contribution in [2.45, 2.75) is 13.0 Å². The topological polar surface area (TPSA) is 21.3 Å². The van der Waals surface area contributed by atoms with Crippen molar-refractivity contribution in [2.24, 2.45) is 0 Å². The first-order valence-corrected chi connectivity index (χ1v) is 5.94. The molecule has 2 nitrogen and oxygen atoms in total. The lowest BCUT2D eigenvalue weighted by molar-refractivity contribution is 0.412. The van der Waals surface area contributed by atoms with Crippen molar-refractivity contribution in [1.29, 1.82) is 0 Å². The highest BCUT2D eigenvalue weighted by atomic mass is 32.2. The number of ether oxygens (including phenoxy) is 1. The van der Waals surface area contributed by atoms with E-state index in [1.54, 1.807) is 7.11 Å². The van der Waals surface area contributed by atoms with Crippen LogP contribution in [0.3, 0.4) is 0 Å². The Bertz CT molecular complexity index is 323. The molecule has 76 valence electrons. The molecule has 0 spiro atoms. The largest absolute Gasteiger partial charge is 0.496 e. The quantitative estimate of drug-likeness (QED) is 0.826. The van der Waals surface area contributed by atoms with E-state index in [0.717, 1.165) is 5.75 Å². The molecule has 0 bridgehead atoms. The van der Waals surface area contributed by atoms with Gasteiger partial charge in [-0.2, -0.15) is 11.8 Å². The van der Waals surface area contributed by atoms with E-state index in [0.29, 0.717) is 6.04 Å². The lowest BCUT2D eigenvalue weighted by Crippen LogP contribution is -2.33. The van der Waals surface area contributed by atoms with Crippen LogP contribution in [-0.4, -0.2) is 24.7 Å². The summed E-state index contributed by atoms with van der Waals surface area (Å²) in [5, 5.41) is 3.49. The first-order chi connectivity index (χ1) is 6.79. The summed E-state index contributed by atoms with van der Waals surface area (Å²) in [5.41, 5.74) is 2.39. The predicted octanol–water partition coefficient (Wildman–Crippen LogP) is 2.53. The molecule has 0 amide bonds. The van der Waals surface area contributed by atoms with Crippen LogP contribution in [0.5, 0.6) is 5.75 Å². The molecule has 1 aliphatic heterocycles. The average molecular weight is 209 g/mol. The third-order valence-corrected chi connectivity index (χ3v) is 3.68. The van der Waals surface area contributed by atoms with Crippen LogP contribution in [0.15, 0.2) is 18.2 Å². The molecule has 0 radical (unpaired) electrons. The molecule has 14 heavy (non-hydrogen) atoms. The molecule has 0 aromatic heterocycles. The minimum atomic E-state index is 0.660. The molecule has 1 saturated heterocycles. The Labute approximate surface area is 89.0 Å². The highest BCUT2D eigenvalue weighted by molar-refractivity contribution is 8.00. The van der Waals surface area contributed by atoms with Gasteiger partial charge in [0, 0.05) is 23.2 Å². The number of thioether (sulfide) groups is 1. The zero-order valence-corrected chi connectivity index (χ0v) is 9.36. The Kier molecular flexibility index (Phi) is 2.87. The zero-order chi connectivity index (χ0) is 9.97. The molecule has 0 aliphatic carbocycles. The van der Waals surface area contributed by atoms with Crippen molar-refractivity contribution in [3.8, 4) is 5.75 Å². The Morgan fingerprint density at radius 2 is 2.21 bits per heavy atom. The number of nitrogens with one attached hydrogen (secondary N) is 1. The number of hydrogen-bond acceptors (Lipinski definition) is 3. The van der Waals surface area contributed by atoms with Crippen molar-refractivity contribution in [2.75, 3.05) is 23.9 Å². The van der Waals surface area contributed by atoms with E-state index in [1.165, 1.54) is 22.8 Å². The molecule has 1 aromatic rings. The maximum absolute atomic E-state index is 5.21. The van der Waals surface area contributed by atoms with Crippen molar-refractivity contribution in [3.05, 3.63) is 23.8 Å². The molecule has 0 saturated carbocycles. The molecule has 1 heterocycles. The maximum atomic E-state index is 5.21. The molecular formula is C11H15NOS. The second kappa shape index (κ2) is 4.13. The van der Waals surface area contributed by atoms with Gasteiger partial charge >= 0.3 is 0 Å². The first kappa shape index (κ1) is 9.71. The predicted molar refractivity (Wildman–Crippen MR) is 62.5 cm³/mol. The number of rotatable bonds is 3. The van der Waals surface area contributed by atoms with Crippen molar-refractivity contribution in [3.63, 3.8) is 0 Å². The monoisotopic (exact) mass is 209 g/mol. The van der Waals surface area contributed by atoms with Gasteiger partial charge in [0.15, 0.2) is 0 Å². The summed E-state index contributed by atoms with van der Waals surface area (Å²) in [5.74, 6) is 3.41. The van der Waals surface area contributed by atoms with Gasteiger partial charge in [-0.3, -0.25) is 0 Å². The lowest BCUT2D eigenvalue weighted by atomic mass is 10.2. The minimum absolute atomic E-state index is 0.660. The van der Waals surface area contributed by atoms with Crippen molar-refractivity contribution < 1.29 is 4.74 Å². The SMILES string of the molecule is COc1ccc(NC2CSC2)cc1C. The minimum Gasteiger partial charge on any atom is -0.496 e. The van der Waals surface area contributed by atoms with Gasteiger partial charge in [-0.05, 0) is 30.7 Å². The summed E-state index contributed by atoms with van der Waals surface area (Å²) >= 11 is 1.99. The number of anilines is 1. The van der Waals surface area contributed by atoms with Crippen LogP contribution in [0, 0.1) is 6.92 Å². The van der Waals surface area contributed by atoms with Gasteiger partial charge in [0.05, 0.1) is 7.11 Å². The van der Waals surface area contributed by atoms with Gasteiger partial charge in [0.25, 0.3) is 0 Å². The molecule has 1 aliphatic rings. The van der Waals surface area contributed by atoms with Gasteiger partial charge in [-0.25, -0.2) is 0 Å². The summed E-state index contributed by atoms with van der Waals surface area (Å²) in [6.07, 6.45) is 0. The van der Waals surface area contributed by atoms with Crippen LogP contribution in [0.4, 0.5) is 5.69 Å². The summed E-state index contributed by atoms with van der Waals surface area (Å²) in [6.45, 7) is 2.07. The molecular weight excluding hydrogens is 194 g/mol. The smallest absolute Gasteiger partial charge is 0.121 e. The third kappa shape index (κ3) is 1.98. The Morgan fingerprint density at radius 1 is 1.43 bits per heavy atom. The van der Waals surface area contributed by atoms with E-state index >= 15 is 0 Å². The second-order valence-corrected chi connectivity index (χ2v) is 4.64. The van der Waals surface area contributed by atoms with E-state index in [-0.39, 0.29) is 0 Å². The van der Waals surface area contributed by atoms with Crippen molar-refractivity contribution >= 4 is 17.4 Å². The molecule has 1 fully saturated rings. The van der Waals surface area contributed by atoms with E-state index in [2.05, 4.69) is 24.4 Å². The number of benzene rings is 1. The van der Waals surface area contributed by atoms with Crippen LogP contribution in [-0.2, 0) is 0 Å². The zero-order valence-electron chi connectivity index (χ0n) is 8.54. The fraction of sp³-hybridized carbons (Fsp3) is 0.455. The van der Waals surface area contributed by atoms with Crippen LogP contribution >= 0.6 is 11.8 Å². The molecule has 0 unspecified atom stereocenters. The highest BCUT2D eigenvalue weighted by Gasteiger charge is 2.17. The van der Waals surface area contributed by atoms with Crippen LogP contribution in [0.25, 0.3) is 0 Å². The lowest BCUT2D eigenvalue weighted by Gasteiger charge is -2.27. The Hall–Kier alpha value is -0.830. The number of methoxy groups -OCH3 is 1. The maximum Gasteiger partial charge on any atom is 0.121 e. The standard InChI is InChI=1S/C11H15NOS/c1-8-5-9(3-4-11(8)13-2)12-10-6-14-7-10/h3-5,10,12H,6-7H2,1-2H3. The van der Waals surface area contributed by atoms with Crippen LogP contribution < -0.4 is 10.1 Å². The Balaban J connectivity index is 2.07. The van der Waals surface area contributed by atoms with Crippen LogP contribution in [0.1, 0.15) is 5.56 Å². The summed E-state index contributed by atoms with van der Waals surface area (Å²) in [7, 11) is 1.71. The molecule has 0 atom stereocenters. The molecule has 2 rings (SSSR count). The van der Waals surface area contributed by atoms with Crippen LogP contribution in [0.2, 0.25) is 0 Å². The van der Waals surface area contributed by atoms with Gasteiger partial charge in [-0.15, -0.1) is 0 Å².